The summed E-state index contributed by atoms with van der Waals surface area (Å²) in [5.41, 5.74) is 0. The molecule has 0 aromatic carbocycles. The summed E-state index contributed by atoms with van der Waals surface area (Å²) in [4.78, 5) is 13.8. The monoisotopic (exact) mass is 351 g/mol. The maximum Gasteiger partial charge on any atom is 0.368 e. The topological polar surface area (TPSA) is 65.1 Å². The summed E-state index contributed by atoms with van der Waals surface area (Å²) in [6.07, 6.45) is 2.10. The number of halogens is 1. The second-order valence-corrected chi connectivity index (χ2v) is 6.31. The van der Waals surface area contributed by atoms with E-state index in [4.69, 9.17) is 13.8 Å². The van der Waals surface area contributed by atoms with Crippen molar-refractivity contribution in [2.24, 2.45) is 0 Å². The minimum atomic E-state index is -3.94. The van der Waals surface area contributed by atoms with Crippen molar-refractivity contribution in [2.75, 3.05) is 32.9 Å². The first kappa shape index (κ1) is 21.8. The molecule has 0 N–H and O–H groups in total. The number of carbonyl (C=O) groups excluding carboxylic acids is 1. The van der Waals surface area contributed by atoms with Crippen LogP contribution in [0.2, 0.25) is 0 Å². The fraction of sp³-hybridized carbons (Fsp3) is 0.667. The first-order valence-electron chi connectivity index (χ1n) is 7.78. The average Bonchev–Trinajstić information content (AvgIpc) is 2.50. The second-order valence-electron chi connectivity index (χ2n) is 4.32. The van der Waals surface area contributed by atoms with Gasteiger partial charge in [-0.2, -0.15) is 0 Å². The van der Waals surface area contributed by atoms with E-state index in [2.05, 4.69) is 0 Å². The van der Waals surface area contributed by atoms with E-state index in [0.29, 0.717) is 13.1 Å². The molecule has 134 valence electrons. The summed E-state index contributed by atoms with van der Waals surface area (Å²) in [5, 5.41) is -0.441. The highest BCUT2D eigenvalue weighted by Gasteiger charge is 2.36. The van der Waals surface area contributed by atoms with E-state index in [-0.39, 0.29) is 19.8 Å². The molecule has 0 radical (unpaired) electrons. The highest BCUT2D eigenvalue weighted by atomic mass is 31.2. The number of hydrogen-bond acceptors (Lipinski definition) is 6. The summed E-state index contributed by atoms with van der Waals surface area (Å²) >= 11 is 0. The van der Waals surface area contributed by atoms with Crippen LogP contribution in [0.25, 0.3) is 0 Å². The number of carbonyl (C=O) groups is 1. The molecule has 0 rings (SSSR count). The molecule has 0 unspecified atom stereocenters. The Bertz CT molecular complexity index is 464. The van der Waals surface area contributed by atoms with E-state index < -0.39 is 24.7 Å². The van der Waals surface area contributed by atoms with Gasteiger partial charge in [-0.3, -0.25) is 4.57 Å². The molecule has 0 aliphatic heterocycles. The maximum atomic E-state index is 14.2. The van der Waals surface area contributed by atoms with E-state index >= 15 is 0 Å². The predicted octanol–water partition coefficient (Wildman–Crippen LogP) is 3.85. The lowest BCUT2D eigenvalue weighted by molar-refractivity contribution is -0.137. The largest absolute Gasteiger partial charge is 0.462 e. The quantitative estimate of drug-likeness (QED) is 0.244. The molecule has 0 aromatic heterocycles. The van der Waals surface area contributed by atoms with E-state index in [1.807, 2.05) is 13.8 Å². The Labute approximate surface area is 137 Å². The standard InChI is InChI=1S/C15H27FNO5P/c1-6-17(7-2)12-13(16)11-14(15(18)20-8-3)23(19,21-9-4)22-10-5/h11-12H,6-10H2,1-5H3/b13-12-,14-11+. The van der Waals surface area contributed by atoms with Gasteiger partial charge in [0.25, 0.3) is 0 Å². The normalized spacial score (nSPS) is 13.1. The van der Waals surface area contributed by atoms with Gasteiger partial charge in [-0.05, 0) is 40.7 Å². The van der Waals surface area contributed by atoms with Gasteiger partial charge in [-0.25, -0.2) is 9.18 Å². The molecule has 0 saturated heterocycles. The van der Waals surface area contributed by atoms with Crippen molar-refractivity contribution < 1.29 is 27.5 Å². The third-order valence-corrected chi connectivity index (χ3v) is 4.87. The number of allylic oxidation sites excluding steroid dienone is 2. The number of esters is 1. The second kappa shape index (κ2) is 11.4. The van der Waals surface area contributed by atoms with Crippen LogP contribution in [0, 0.1) is 0 Å². The Kier molecular flexibility index (Phi) is 10.8. The van der Waals surface area contributed by atoms with Gasteiger partial charge >= 0.3 is 13.6 Å². The summed E-state index contributed by atoms with van der Waals surface area (Å²) < 4.78 is 42.0. The van der Waals surface area contributed by atoms with E-state index in [9.17, 15) is 13.8 Å². The molecular weight excluding hydrogens is 324 g/mol. The van der Waals surface area contributed by atoms with Crippen LogP contribution < -0.4 is 0 Å². The Hall–Kier alpha value is -1.17. The van der Waals surface area contributed by atoms with Gasteiger partial charge in [-0.15, -0.1) is 0 Å². The average molecular weight is 351 g/mol. The van der Waals surface area contributed by atoms with Gasteiger partial charge in [0.1, 0.15) is 5.83 Å². The van der Waals surface area contributed by atoms with Crippen molar-refractivity contribution in [3.63, 3.8) is 0 Å². The summed E-state index contributed by atoms with van der Waals surface area (Å²) in [7, 11) is -3.94. The molecule has 0 aliphatic carbocycles. The number of rotatable bonds is 11. The van der Waals surface area contributed by atoms with Crippen molar-refractivity contribution in [3.05, 3.63) is 23.4 Å². The molecule has 0 spiro atoms. The summed E-state index contributed by atoms with van der Waals surface area (Å²) in [6.45, 7) is 9.92. The Balaban J connectivity index is 5.81. The fourth-order valence-corrected chi connectivity index (χ4v) is 3.32. The Morgan fingerprint density at radius 3 is 1.96 bits per heavy atom. The molecule has 0 aliphatic rings. The molecular formula is C15H27FNO5P. The van der Waals surface area contributed by atoms with Crippen molar-refractivity contribution in [2.45, 2.75) is 34.6 Å². The molecule has 8 heteroatoms. The van der Waals surface area contributed by atoms with Crippen LogP contribution in [-0.2, 0) is 23.1 Å². The Morgan fingerprint density at radius 1 is 1.04 bits per heavy atom. The lowest BCUT2D eigenvalue weighted by Gasteiger charge is -2.19. The first-order chi connectivity index (χ1) is 10.9. The minimum absolute atomic E-state index is 0.0510. The van der Waals surface area contributed by atoms with Gasteiger partial charge in [0, 0.05) is 19.3 Å². The third kappa shape index (κ3) is 7.29. The molecule has 0 bridgehead atoms. The van der Waals surface area contributed by atoms with Gasteiger partial charge < -0.3 is 18.7 Å². The number of ether oxygens (including phenoxy) is 1. The molecule has 0 amide bonds. The molecule has 0 saturated carbocycles. The van der Waals surface area contributed by atoms with Crippen molar-refractivity contribution in [1.82, 2.24) is 4.90 Å². The number of nitrogens with zero attached hydrogens (tertiary/aromatic N) is 1. The Morgan fingerprint density at radius 2 is 1.57 bits per heavy atom. The summed E-state index contributed by atoms with van der Waals surface area (Å²) in [6, 6.07) is 0. The van der Waals surface area contributed by atoms with Crippen molar-refractivity contribution >= 4 is 13.6 Å². The van der Waals surface area contributed by atoms with Crippen LogP contribution in [0.15, 0.2) is 23.4 Å². The molecule has 0 atom stereocenters. The molecule has 23 heavy (non-hydrogen) atoms. The lowest BCUT2D eigenvalue weighted by Crippen LogP contribution is -2.16. The fourth-order valence-electron chi connectivity index (χ4n) is 1.72. The summed E-state index contributed by atoms with van der Waals surface area (Å²) in [5.74, 6) is -1.64. The van der Waals surface area contributed by atoms with Gasteiger partial charge in [0.15, 0.2) is 5.31 Å². The predicted molar refractivity (Wildman–Crippen MR) is 87.7 cm³/mol. The third-order valence-electron chi connectivity index (χ3n) is 2.77. The maximum absolute atomic E-state index is 14.2. The van der Waals surface area contributed by atoms with Crippen LogP contribution in [0.4, 0.5) is 4.39 Å². The zero-order valence-corrected chi connectivity index (χ0v) is 15.4. The minimum Gasteiger partial charge on any atom is -0.462 e. The van der Waals surface area contributed by atoms with E-state index in [0.717, 1.165) is 6.08 Å². The smallest absolute Gasteiger partial charge is 0.368 e. The van der Waals surface area contributed by atoms with Gasteiger partial charge in [0.05, 0.1) is 19.8 Å². The van der Waals surface area contributed by atoms with Crippen molar-refractivity contribution in [3.8, 4) is 0 Å². The zero-order chi connectivity index (χ0) is 17.9. The van der Waals surface area contributed by atoms with E-state index in [1.165, 1.54) is 6.20 Å². The van der Waals surface area contributed by atoms with Crippen LogP contribution in [-0.4, -0.2) is 43.8 Å². The highest BCUT2D eigenvalue weighted by molar-refractivity contribution is 7.59. The van der Waals surface area contributed by atoms with Gasteiger partial charge in [0.2, 0.25) is 0 Å². The van der Waals surface area contributed by atoms with Crippen LogP contribution in [0.5, 0.6) is 0 Å². The van der Waals surface area contributed by atoms with Crippen LogP contribution in [0.3, 0.4) is 0 Å². The van der Waals surface area contributed by atoms with Crippen molar-refractivity contribution in [1.29, 1.82) is 0 Å². The number of hydrogen-bond donors (Lipinski definition) is 0. The van der Waals surface area contributed by atoms with E-state index in [1.54, 1.807) is 25.7 Å². The lowest BCUT2D eigenvalue weighted by atomic mass is 10.4. The molecule has 0 fully saturated rings. The van der Waals surface area contributed by atoms with Crippen LogP contribution >= 0.6 is 7.60 Å². The molecule has 0 heterocycles. The highest BCUT2D eigenvalue weighted by Crippen LogP contribution is 2.56. The van der Waals surface area contributed by atoms with Gasteiger partial charge in [-0.1, -0.05) is 0 Å². The zero-order valence-electron chi connectivity index (χ0n) is 14.5. The molecule has 0 aromatic rings. The molecule has 6 nitrogen and oxygen atoms in total. The first-order valence-corrected chi connectivity index (χ1v) is 9.32. The van der Waals surface area contributed by atoms with Crippen LogP contribution in [0.1, 0.15) is 34.6 Å². The SMILES string of the molecule is CCOC(=O)/C(=C\C(F)=C\N(CC)CC)P(=O)(OCC)OCC.